The van der Waals surface area contributed by atoms with Crippen molar-refractivity contribution in [3.8, 4) is 0 Å². The zero-order valence-corrected chi connectivity index (χ0v) is 11.4. The lowest BCUT2D eigenvalue weighted by atomic mass is 9.85. The first-order valence-corrected chi connectivity index (χ1v) is 6.78. The van der Waals surface area contributed by atoms with E-state index in [1.54, 1.807) is 18.2 Å². The van der Waals surface area contributed by atoms with E-state index in [4.69, 9.17) is 0 Å². The van der Waals surface area contributed by atoms with Gasteiger partial charge in [-0.15, -0.1) is 0 Å². The molecule has 0 heterocycles. The summed E-state index contributed by atoms with van der Waals surface area (Å²) in [6, 6.07) is 7.19. The van der Waals surface area contributed by atoms with Crippen LogP contribution < -0.4 is 10.6 Å². The molecule has 1 fully saturated rings. The van der Waals surface area contributed by atoms with Gasteiger partial charge >= 0.3 is 0 Å². The van der Waals surface area contributed by atoms with Gasteiger partial charge < -0.3 is 10.6 Å². The molecule has 0 spiro atoms. The average molecular weight is 260 g/mol. The van der Waals surface area contributed by atoms with E-state index in [0.29, 0.717) is 11.3 Å². The topological polar surface area (TPSA) is 58.2 Å². The Hall–Kier alpha value is -1.84. The summed E-state index contributed by atoms with van der Waals surface area (Å²) in [4.78, 5) is 24.0. The predicted octanol–water partition coefficient (Wildman–Crippen LogP) is 2.56. The van der Waals surface area contributed by atoms with Crippen molar-refractivity contribution < 1.29 is 9.59 Å². The number of amides is 2. The van der Waals surface area contributed by atoms with Gasteiger partial charge in [-0.1, -0.05) is 18.6 Å². The van der Waals surface area contributed by atoms with Crippen LogP contribution in [-0.2, 0) is 4.79 Å². The molecule has 1 aromatic rings. The monoisotopic (exact) mass is 260 g/mol. The quantitative estimate of drug-likeness (QED) is 0.874. The summed E-state index contributed by atoms with van der Waals surface area (Å²) in [5.41, 5.74) is 1.11. The zero-order valence-electron chi connectivity index (χ0n) is 11.4. The minimum absolute atomic E-state index is 0.0241. The average Bonchev–Trinajstić information content (AvgIpc) is 2.26. The molecule has 1 aromatic carbocycles. The second-order valence-corrected chi connectivity index (χ2v) is 5.29. The normalized spacial score (nSPS) is 14.9. The number of hydrogen-bond acceptors (Lipinski definition) is 2. The molecule has 0 atom stereocenters. The molecule has 2 amide bonds. The van der Waals surface area contributed by atoms with Crippen LogP contribution in [0, 0.1) is 5.92 Å². The molecule has 1 aliphatic carbocycles. The van der Waals surface area contributed by atoms with Gasteiger partial charge in [-0.3, -0.25) is 9.59 Å². The van der Waals surface area contributed by atoms with Gasteiger partial charge in [0.1, 0.15) is 0 Å². The lowest BCUT2D eigenvalue weighted by molar-refractivity contribution is -0.122. The molecule has 19 heavy (non-hydrogen) atoms. The fourth-order valence-electron chi connectivity index (χ4n) is 2.04. The van der Waals surface area contributed by atoms with Crippen molar-refractivity contribution in [2.75, 3.05) is 5.32 Å². The van der Waals surface area contributed by atoms with Crippen molar-refractivity contribution in [1.82, 2.24) is 5.32 Å². The van der Waals surface area contributed by atoms with E-state index in [9.17, 15) is 9.59 Å². The molecule has 1 saturated carbocycles. The minimum atomic E-state index is -0.153. The molecule has 4 nitrogen and oxygen atoms in total. The number of anilines is 1. The van der Waals surface area contributed by atoms with Crippen molar-refractivity contribution in [2.24, 2.45) is 5.92 Å². The van der Waals surface area contributed by atoms with Crippen LogP contribution in [0.5, 0.6) is 0 Å². The molecule has 4 heteroatoms. The highest BCUT2D eigenvalue weighted by atomic mass is 16.2. The Kier molecular flexibility index (Phi) is 4.20. The van der Waals surface area contributed by atoms with Crippen LogP contribution in [0.25, 0.3) is 0 Å². The number of hydrogen-bond donors (Lipinski definition) is 2. The number of rotatable bonds is 4. The summed E-state index contributed by atoms with van der Waals surface area (Å²) < 4.78 is 0. The van der Waals surface area contributed by atoms with E-state index in [-0.39, 0.29) is 23.8 Å². The third-order valence-electron chi connectivity index (χ3n) is 3.33. The molecule has 1 aliphatic rings. The Morgan fingerprint density at radius 1 is 1.21 bits per heavy atom. The van der Waals surface area contributed by atoms with E-state index in [1.165, 1.54) is 0 Å². The highest BCUT2D eigenvalue weighted by Gasteiger charge is 2.26. The highest BCUT2D eigenvalue weighted by molar-refractivity contribution is 6.04. The third-order valence-corrected chi connectivity index (χ3v) is 3.33. The Morgan fingerprint density at radius 3 is 2.47 bits per heavy atom. The summed E-state index contributed by atoms with van der Waals surface area (Å²) in [7, 11) is 0. The van der Waals surface area contributed by atoms with Crippen molar-refractivity contribution in [1.29, 1.82) is 0 Å². The minimum Gasteiger partial charge on any atom is -0.350 e. The number of carbonyl (C=O) groups is 2. The molecular weight excluding hydrogens is 240 g/mol. The smallest absolute Gasteiger partial charge is 0.253 e. The molecular formula is C15H20N2O2. The Labute approximate surface area is 113 Å². The summed E-state index contributed by atoms with van der Waals surface area (Å²) in [6.07, 6.45) is 3.02. The highest BCUT2D eigenvalue weighted by Crippen LogP contribution is 2.28. The summed E-state index contributed by atoms with van der Waals surface area (Å²) in [6.45, 7) is 3.82. The van der Waals surface area contributed by atoms with Crippen LogP contribution in [0.15, 0.2) is 24.3 Å². The van der Waals surface area contributed by atoms with Crippen molar-refractivity contribution in [2.45, 2.75) is 39.2 Å². The lowest BCUT2D eigenvalue weighted by Gasteiger charge is -2.24. The van der Waals surface area contributed by atoms with Crippen LogP contribution in [-0.4, -0.2) is 17.9 Å². The molecule has 2 rings (SSSR count). The second-order valence-electron chi connectivity index (χ2n) is 5.29. The molecule has 0 bridgehead atoms. The Morgan fingerprint density at radius 2 is 1.89 bits per heavy atom. The molecule has 0 saturated heterocycles. The van der Waals surface area contributed by atoms with E-state index >= 15 is 0 Å². The van der Waals surface area contributed by atoms with E-state index in [0.717, 1.165) is 19.3 Å². The summed E-state index contributed by atoms with van der Waals surface area (Å²) in [5.74, 6) is -0.0169. The first-order valence-electron chi connectivity index (χ1n) is 6.78. The first-order chi connectivity index (χ1) is 9.08. The van der Waals surface area contributed by atoms with Crippen molar-refractivity contribution >= 4 is 17.5 Å². The van der Waals surface area contributed by atoms with Crippen molar-refractivity contribution in [3.63, 3.8) is 0 Å². The lowest BCUT2D eigenvalue weighted by Crippen LogP contribution is -2.32. The Bertz CT molecular complexity index is 479. The molecule has 102 valence electrons. The van der Waals surface area contributed by atoms with Gasteiger partial charge in [0.05, 0.1) is 11.3 Å². The van der Waals surface area contributed by atoms with Crippen LogP contribution in [0.4, 0.5) is 5.69 Å². The molecule has 0 aliphatic heterocycles. The van der Waals surface area contributed by atoms with Gasteiger partial charge in [0, 0.05) is 12.0 Å². The fourth-order valence-corrected chi connectivity index (χ4v) is 2.04. The van der Waals surface area contributed by atoms with Gasteiger partial charge in [0.25, 0.3) is 5.91 Å². The zero-order chi connectivity index (χ0) is 13.8. The van der Waals surface area contributed by atoms with E-state index < -0.39 is 0 Å². The third kappa shape index (κ3) is 3.34. The van der Waals surface area contributed by atoms with Crippen molar-refractivity contribution in [3.05, 3.63) is 29.8 Å². The van der Waals surface area contributed by atoms with Crippen LogP contribution in [0.3, 0.4) is 0 Å². The van der Waals surface area contributed by atoms with Crippen LogP contribution in [0.1, 0.15) is 43.5 Å². The summed E-state index contributed by atoms with van der Waals surface area (Å²) in [5, 5.41) is 5.71. The number of nitrogens with one attached hydrogen (secondary N) is 2. The first kappa shape index (κ1) is 13.6. The van der Waals surface area contributed by atoms with Gasteiger partial charge in [0.2, 0.25) is 5.91 Å². The molecule has 2 N–H and O–H groups in total. The maximum absolute atomic E-state index is 12.0. The van der Waals surface area contributed by atoms with Crippen LogP contribution >= 0.6 is 0 Å². The van der Waals surface area contributed by atoms with Gasteiger partial charge in [-0.2, -0.15) is 0 Å². The fraction of sp³-hybridized carbons (Fsp3) is 0.467. The van der Waals surface area contributed by atoms with E-state index in [1.807, 2.05) is 19.9 Å². The molecule has 0 aromatic heterocycles. The molecule has 0 unspecified atom stereocenters. The SMILES string of the molecule is CC(C)NC(=O)c1ccccc1NC(=O)C1CCC1. The predicted molar refractivity (Wildman–Crippen MR) is 75.0 cm³/mol. The van der Waals surface area contributed by atoms with Gasteiger partial charge in [-0.25, -0.2) is 0 Å². The van der Waals surface area contributed by atoms with Gasteiger partial charge in [0.15, 0.2) is 0 Å². The Balaban J connectivity index is 2.11. The molecule has 0 radical (unpaired) electrons. The van der Waals surface area contributed by atoms with E-state index in [2.05, 4.69) is 10.6 Å². The number of benzene rings is 1. The second kappa shape index (κ2) is 5.87. The maximum Gasteiger partial charge on any atom is 0.253 e. The number of carbonyl (C=O) groups excluding carboxylic acids is 2. The number of para-hydroxylation sites is 1. The maximum atomic E-state index is 12.0. The van der Waals surface area contributed by atoms with Crippen LogP contribution in [0.2, 0.25) is 0 Å². The van der Waals surface area contributed by atoms with Gasteiger partial charge in [-0.05, 0) is 38.8 Å². The standard InChI is InChI=1S/C15H20N2O2/c1-10(2)16-15(19)12-8-3-4-9-13(12)17-14(18)11-6-5-7-11/h3-4,8-11H,5-7H2,1-2H3,(H,16,19)(H,17,18). The largest absolute Gasteiger partial charge is 0.350 e. The summed E-state index contributed by atoms with van der Waals surface area (Å²) >= 11 is 0.